The highest BCUT2D eigenvalue weighted by molar-refractivity contribution is 6.40. The summed E-state index contributed by atoms with van der Waals surface area (Å²) in [5.74, 6) is 0. The van der Waals surface area contributed by atoms with E-state index in [2.05, 4.69) is 4.98 Å². The number of halogens is 2. The Morgan fingerprint density at radius 2 is 2.00 bits per heavy atom. The topological polar surface area (TPSA) is 73.1 Å². The maximum atomic E-state index is 10.9. The molecule has 86 valence electrons. The van der Waals surface area contributed by atoms with Crippen LogP contribution in [0, 0.1) is 10.1 Å². The number of aldehydes is 1. The first-order chi connectivity index (χ1) is 8.04. The van der Waals surface area contributed by atoms with Crippen molar-refractivity contribution in [2.75, 3.05) is 0 Å². The smallest absolute Gasteiger partial charge is 0.296 e. The first-order valence-electron chi connectivity index (χ1n) is 4.43. The molecule has 1 aromatic heterocycles. The van der Waals surface area contributed by atoms with E-state index in [1.54, 1.807) is 0 Å². The highest BCUT2D eigenvalue weighted by atomic mass is 35.5. The van der Waals surface area contributed by atoms with Gasteiger partial charge < -0.3 is 0 Å². The number of nitrogens with zero attached hydrogens (tertiary/aromatic N) is 2. The average Bonchev–Trinajstić information content (AvgIpc) is 2.27. The summed E-state index contributed by atoms with van der Waals surface area (Å²) in [4.78, 5) is 24.7. The van der Waals surface area contributed by atoms with E-state index in [1.165, 1.54) is 18.2 Å². The van der Waals surface area contributed by atoms with Crippen LogP contribution in [0.15, 0.2) is 18.2 Å². The van der Waals surface area contributed by atoms with Gasteiger partial charge in [-0.3, -0.25) is 14.9 Å². The summed E-state index contributed by atoms with van der Waals surface area (Å²) >= 11 is 11.6. The predicted molar refractivity (Wildman–Crippen MR) is 63.8 cm³/mol. The van der Waals surface area contributed by atoms with Crippen molar-refractivity contribution in [3.8, 4) is 0 Å². The average molecular weight is 271 g/mol. The van der Waals surface area contributed by atoms with E-state index >= 15 is 0 Å². The van der Waals surface area contributed by atoms with Crippen LogP contribution in [0.3, 0.4) is 0 Å². The maximum Gasteiger partial charge on any atom is 0.313 e. The van der Waals surface area contributed by atoms with Crippen molar-refractivity contribution in [2.24, 2.45) is 0 Å². The van der Waals surface area contributed by atoms with Gasteiger partial charge in [0.25, 0.3) is 0 Å². The molecule has 0 amide bonds. The van der Waals surface area contributed by atoms with Crippen LogP contribution in [0.1, 0.15) is 10.5 Å². The molecule has 0 saturated heterocycles. The Balaban J connectivity index is 2.95. The minimum atomic E-state index is -0.650. The summed E-state index contributed by atoms with van der Waals surface area (Å²) < 4.78 is 0. The van der Waals surface area contributed by atoms with Gasteiger partial charge in [-0.05, 0) is 18.2 Å². The van der Waals surface area contributed by atoms with Crippen LogP contribution in [0.2, 0.25) is 10.0 Å². The number of hydrogen-bond acceptors (Lipinski definition) is 4. The molecule has 2 rings (SSSR count). The zero-order valence-electron chi connectivity index (χ0n) is 8.18. The summed E-state index contributed by atoms with van der Waals surface area (Å²) in [6.45, 7) is 0. The third-order valence-electron chi connectivity index (χ3n) is 2.18. The summed E-state index contributed by atoms with van der Waals surface area (Å²) in [6.07, 6.45) is 0.498. The molecule has 5 nitrogen and oxygen atoms in total. The molecule has 1 aromatic carbocycles. The molecule has 2 aromatic rings. The number of aromatic nitrogens is 1. The van der Waals surface area contributed by atoms with Crippen molar-refractivity contribution in [3.05, 3.63) is 44.1 Å². The van der Waals surface area contributed by atoms with E-state index in [-0.39, 0.29) is 26.9 Å². The molecule has 0 atom stereocenters. The van der Waals surface area contributed by atoms with Crippen LogP contribution in [-0.4, -0.2) is 16.2 Å². The lowest BCUT2D eigenvalue weighted by Gasteiger charge is -2.03. The van der Waals surface area contributed by atoms with Crippen LogP contribution in [0.5, 0.6) is 0 Å². The van der Waals surface area contributed by atoms with Crippen LogP contribution in [0.4, 0.5) is 5.69 Å². The SMILES string of the molecule is O=Cc1ccc2c(Cl)cc(Cl)c([N+](=O)[O-])c2n1. The van der Waals surface area contributed by atoms with E-state index in [4.69, 9.17) is 23.2 Å². The second-order valence-electron chi connectivity index (χ2n) is 3.20. The Bertz CT molecular complexity index is 643. The molecular formula is C10H4Cl2N2O3. The molecule has 0 unspecified atom stereocenters. The zero-order chi connectivity index (χ0) is 12.6. The van der Waals surface area contributed by atoms with Gasteiger partial charge in [0.1, 0.15) is 10.7 Å². The molecule has 0 bridgehead atoms. The van der Waals surface area contributed by atoms with Gasteiger partial charge in [0.2, 0.25) is 0 Å². The van der Waals surface area contributed by atoms with Crippen molar-refractivity contribution in [1.29, 1.82) is 0 Å². The third kappa shape index (κ3) is 1.94. The molecule has 7 heteroatoms. The number of benzene rings is 1. The fourth-order valence-corrected chi connectivity index (χ4v) is 2.04. The molecule has 0 spiro atoms. The van der Waals surface area contributed by atoms with Gasteiger partial charge in [-0.25, -0.2) is 4.98 Å². The maximum absolute atomic E-state index is 10.9. The van der Waals surface area contributed by atoms with Gasteiger partial charge >= 0.3 is 5.69 Å². The molecule has 0 aliphatic carbocycles. The van der Waals surface area contributed by atoms with Crippen LogP contribution in [-0.2, 0) is 0 Å². The van der Waals surface area contributed by atoms with Crippen LogP contribution >= 0.6 is 23.2 Å². The number of nitro benzene ring substituents is 1. The van der Waals surface area contributed by atoms with E-state index in [9.17, 15) is 14.9 Å². The largest absolute Gasteiger partial charge is 0.313 e. The fourth-order valence-electron chi connectivity index (χ4n) is 1.46. The van der Waals surface area contributed by atoms with Crippen molar-refractivity contribution in [2.45, 2.75) is 0 Å². The number of carbonyl (C=O) groups is 1. The normalized spacial score (nSPS) is 10.5. The number of fused-ring (bicyclic) bond motifs is 1. The Morgan fingerprint density at radius 3 is 2.59 bits per heavy atom. The van der Waals surface area contributed by atoms with Crippen LogP contribution < -0.4 is 0 Å². The van der Waals surface area contributed by atoms with Crippen molar-refractivity contribution in [1.82, 2.24) is 4.98 Å². The zero-order valence-corrected chi connectivity index (χ0v) is 9.70. The first kappa shape index (κ1) is 11.8. The molecule has 0 aliphatic rings. The third-order valence-corrected chi connectivity index (χ3v) is 2.78. The van der Waals surface area contributed by atoms with Crippen molar-refractivity contribution >= 4 is 46.1 Å². The number of rotatable bonds is 2. The van der Waals surface area contributed by atoms with E-state index in [0.29, 0.717) is 11.7 Å². The number of pyridine rings is 1. The van der Waals surface area contributed by atoms with Crippen molar-refractivity contribution in [3.63, 3.8) is 0 Å². The van der Waals surface area contributed by atoms with Crippen molar-refractivity contribution < 1.29 is 9.72 Å². The highest BCUT2D eigenvalue weighted by Gasteiger charge is 2.21. The molecule has 17 heavy (non-hydrogen) atoms. The van der Waals surface area contributed by atoms with Gasteiger partial charge in [0.15, 0.2) is 11.8 Å². The fraction of sp³-hybridized carbons (Fsp3) is 0. The van der Waals surface area contributed by atoms with E-state index in [1.807, 2.05) is 0 Å². The molecule has 0 fully saturated rings. The Kier molecular flexibility index (Phi) is 2.95. The first-order valence-corrected chi connectivity index (χ1v) is 5.18. The standard InChI is InChI=1S/C10H4Cl2N2O3/c11-7-3-8(12)10(14(16)17)9-6(7)2-1-5(4-15)13-9/h1-4H. The molecule has 0 saturated carbocycles. The van der Waals surface area contributed by atoms with E-state index in [0.717, 1.165) is 0 Å². The summed E-state index contributed by atoms with van der Waals surface area (Å²) in [5, 5.41) is 11.4. The van der Waals surface area contributed by atoms with Gasteiger partial charge in [0.05, 0.1) is 9.95 Å². The summed E-state index contributed by atoms with van der Waals surface area (Å²) in [7, 11) is 0. The lowest BCUT2D eigenvalue weighted by atomic mass is 10.1. The van der Waals surface area contributed by atoms with Gasteiger partial charge in [-0.15, -0.1) is 0 Å². The number of nitro groups is 1. The lowest BCUT2D eigenvalue weighted by Crippen LogP contribution is -1.96. The highest BCUT2D eigenvalue weighted by Crippen LogP contribution is 2.36. The van der Waals surface area contributed by atoms with Gasteiger partial charge in [-0.1, -0.05) is 23.2 Å². The Hall–Kier alpha value is -1.72. The minimum absolute atomic E-state index is 0.0112. The predicted octanol–water partition coefficient (Wildman–Crippen LogP) is 3.26. The molecular weight excluding hydrogens is 267 g/mol. The lowest BCUT2D eigenvalue weighted by molar-refractivity contribution is -0.383. The van der Waals surface area contributed by atoms with Gasteiger partial charge in [-0.2, -0.15) is 0 Å². The van der Waals surface area contributed by atoms with E-state index < -0.39 is 4.92 Å². The molecule has 0 aliphatic heterocycles. The Labute approximate surface area is 105 Å². The summed E-state index contributed by atoms with van der Waals surface area (Å²) in [5.41, 5.74) is -0.259. The Morgan fingerprint density at radius 1 is 1.29 bits per heavy atom. The number of hydrogen-bond donors (Lipinski definition) is 0. The molecule has 0 N–H and O–H groups in total. The molecule has 1 heterocycles. The minimum Gasteiger partial charge on any atom is -0.296 e. The second-order valence-corrected chi connectivity index (χ2v) is 4.01. The second kappa shape index (κ2) is 4.27. The van der Waals surface area contributed by atoms with Crippen LogP contribution in [0.25, 0.3) is 10.9 Å². The monoisotopic (exact) mass is 270 g/mol. The molecule has 0 radical (unpaired) electrons. The summed E-state index contributed by atoms with van der Waals surface area (Å²) in [6, 6.07) is 4.21. The number of carbonyl (C=O) groups excluding carboxylic acids is 1. The quantitative estimate of drug-likeness (QED) is 0.477. The van der Waals surface area contributed by atoms with Gasteiger partial charge in [0, 0.05) is 5.39 Å².